The van der Waals surface area contributed by atoms with E-state index < -0.39 is 11.4 Å². The molecule has 0 aromatic carbocycles. The Labute approximate surface area is 94.7 Å². The van der Waals surface area contributed by atoms with Crippen LogP contribution in [0, 0.1) is 6.92 Å². The first kappa shape index (κ1) is 11.0. The van der Waals surface area contributed by atoms with E-state index in [0.717, 1.165) is 30.7 Å². The smallest absolute Gasteiger partial charge is 0.316 e. The van der Waals surface area contributed by atoms with Crippen molar-refractivity contribution < 1.29 is 9.90 Å². The molecule has 0 saturated carbocycles. The summed E-state index contributed by atoms with van der Waals surface area (Å²) in [6.45, 7) is 5.23. The van der Waals surface area contributed by atoms with E-state index in [1.807, 2.05) is 6.92 Å². The van der Waals surface area contributed by atoms with E-state index in [2.05, 4.69) is 9.97 Å². The van der Waals surface area contributed by atoms with Gasteiger partial charge in [0.25, 0.3) is 0 Å². The SMILES string of the molecule is Cc1nc(C(C)(C)C(=O)O)nc2c1CCC2. The molecule has 0 fully saturated rings. The summed E-state index contributed by atoms with van der Waals surface area (Å²) in [6, 6.07) is 0. The van der Waals surface area contributed by atoms with Crippen LogP contribution >= 0.6 is 0 Å². The number of nitrogens with zero attached hydrogens (tertiary/aromatic N) is 2. The highest BCUT2D eigenvalue weighted by molar-refractivity contribution is 5.79. The van der Waals surface area contributed by atoms with Gasteiger partial charge in [-0.2, -0.15) is 0 Å². The third-order valence-electron chi connectivity index (χ3n) is 3.23. The molecule has 2 rings (SSSR count). The summed E-state index contributed by atoms with van der Waals surface area (Å²) in [7, 11) is 0. The number of aryl methyl sites for hydroxylation is 2. The fourth-order valence-corrected chi connectivity index (χ4v) is 2.00. The molecule has 0 saturated heterocycles. The van der Waals surface area contributed by atoms with Crippen LogP contribution in [0.1, 0.15) is 43.0 Å². The quantitative estimate of drug-likeness (QED) is 0.822. The zero-order valence-electron chi connectivity index (χ0n) is 9.87. The number of aromatic nitrogens is 2. The van der Waals surface area contributed by atoms with Gasteiger partial charge in [-0.25, -0.2) is 9.97 Å². The predicted molar refractivity (Wildman–Crippen MR) is 59.5 cm³/mol. The number of carbonyl (C=O) groups is 1. The van der Waals surface area contributed by atoms with Crippen molar-refractivity contribution in [2.45, 2.75) is 45.4 Å². The van der Waals surface area contributed by atoms with Gasteiger partial charge in [0.05, 0.1) is 0 Å². The molecule has 0 amide bonds. The lowest BCUT2D eigenvalue weighted by Crippen LogP contribution is -2.31. The maximum absolute atomic E-state index is 11.2. The monoisotopic (exact) mass is 220 g/mol. The lowest BCUT2D eigenvalue weighted by molar-refractivity contribution is -0.142. The van der Waals surface area contributed by atoms with Crippen LogP contribution in [-0.2, 0) is 23.1 Å². The predicted octanol–water partition coefficient (Wildman–Crippen LogP) is 1.64. The number of hydrogen-bond donors (Lipinski definition) is 1. The molecule has 1 aromatic rings. The fraction of sp³-hybridized carbons (Fsp3) is 0.583. The molecule has 0 aliphatic heterocycles. The van der Waals surface area contributed by atoms with Gasteiger partial charge in [0, 0.05) is 11.4 Å². The zero-order chi connectivity index (χ0) is 11.9. The topological polar surface area (TPSA) is 63.1 Å². The third kappa shape index (κ3) is 1.58. The molecule has 86 valence electrons. The Morgan fingerprint density at radius 3 is 2.62 bits per heavy atom. The highest BCUT2D eigenvalue weighted by Crippen LogP contribution is 2.26. The molecule has 0 unspecified atom stereocenters. The van der Waals surface area contributed by atoms with Crippen LogP contribution in [0.5, 0.6) is 0 Å². The highest BCUT2D eigenvalue weighted by Gasteiger charge is 2.34. The van der Waals surface area contributed by atoms with Crippen LogP contribution in [0.2, 0.25) is 0 Å². The minimum absolute atomic E-state index is 0.429. The van der Waals surface area contributed by atoms with Crippen molar-refractivity contribution in [3.8, 4) is 0 Å². The summed E-state index contributed by atoms with van der Waals surface area (Å²) < 4.78 is 0. The van der Waals surface area contributed by atoms with Crippen molar-refractivity contribution in [2.75, 3.05) is 0 Å². The summed E-state index contributed by atoms with van der Waals surface area (Å²) in [5.74, 6) is -0.456. The van der Waals surface area contributed by atoms with Gasteiger partial charge in [0.2, 0.25) is 0 Å². The molecular formula is C12H16N2O2. The molecule has 4 heteroatoms. The molecule has 1 aliphatic carbocycles. The Hall–Kier alpha value is -1.45. The first-order chi connectivity index (χ1) is 7.43. The van der Waals surface area contributed by atoms with Crippen LogP contribution in [0.25, 0.3) is 0 Å². The average Bonchev–Trinajstić information content (AvgIpc) is 2.65. The normalized spacial score (nSPS) is 14.9. The number of carboxylic acids is 1. The maximum Gasteiger partial charge on any atom is 0.316 e. The number of hydrogen-bond acceptors (Lipinski definition) is 3. The van der Waals surface area contributed by atoms with Crippen LogP contribution in [0.15, 0.2) is 0 Å². The van der Waals surface area contributed by atoms with Crippen LogP contribution in [-0.4, -0.2) is 21.0 Å². The van der Waals surface area contributed by atoms with Gasteiger partial charge < -0.3 is 5.11 Å². The van der Waals surface area contributed by atoms with E-state index in [1.54, 1.807) is 13.8 Å². The van der Waals surface area contributed by atoms with E-state index in [-0.39, 0.29) is 0 Å². The molecule has 1 heterocycles. The molecule has 1 aromatic heterocycles. The number of carboxylic acid groups (broad SMARTS) is 1. The van der Waals surface area contributed by atoms with Gasteiger partial charge in [-0.1, -0.05) is 0 Å². The second-order valence-corrected chi connectivity index (χ2v) is 4.84. The average molecular weight is 220 g/mol. The summed E-state index contributed by atoms with van der Waals surface area (Å²) >= 11 is 0. The summed E-state index contributed by atoms with van der Waals surface area (Å²) in [5, 5.41) is 9.15. The molecule has 1 N–H and O–H groups in total. The van der Waals surface area contributed by atoms with E-state index >= 15 is 0 Å². The minimum atomic E-state index is -1.01. The fourth-order valence-electron chi connectivity index (χ4n) is 2.00. The Balaban J connectivity index is 2.52. The molecule has 16 heavy (non-hydrogen) atoms. The molecule has 0 bridgehead atoms. The first-order valence-electron chi connectivity index (χ1n) is 5.53. The lowest BCUT2D eigenvalue weighted by atomic mass is 9.92. The number of aliphatic carboxylic acids is 1. The molecule has 0 radical (unpaired) electrons. The van der Waals surface area contributed by atoms with Crippen molar-refractivity contribution in [1.82, 2.24) is 9.97 Å². The van der Waals surface area contributed by atoms with Crippen LogP contribution in [0.4, 0.5) is 0 Å². The van der Waals surface area contributed by atoms with Crippen molar-refractivity contribution in [3.05, 3.63) is 22.8 Å². The summed E-state index contributed by atoms with van der Waals surface area (Å²) in [4.78, 5) is 19.9. The molecule has 4 nitrogen and oxygen atoms in total. The molecule has 1 aliphatic rings. The van der Waals surface area contributed by atoms with Gasteiger partial charge in [-0.05, 0) is 45.6 Å². The van der Waals surface area contributed by atoms with Gasteiger partial charge in [-0.15, -0.1) is 0 Å². The first-order valence-corrected chi connectivity index (χ1v) is 5.53. The Kier molecular flexibility index (Phi) is 2.45. The van der Waals surface area contributed by atoms with Gasteiger partial charge in [-0.3, -0.25) is 4.79 Å². The minimum Gasteiger partial charge on any atom is -0.481 e. The van der Waals surface area contributed by atoms with Crippen LogP contribution in [0.3, 0.4) is 0 Å². The van der Waals surface area contributed by atoms with Crippen molar-refractivity contribution in [3.63, 3.8) is 0 Å². The van der Waals surface area contributed by atoms with E-state index in [0.29, 0.717) is 5.82 Å². The standard InChI is InChI=1S/C12H16N2O2/c1-7-8-5-4-6-9(8)14-10(13-7)12(2,3)11(15)16/h4-6H2,1-3H3,(H,15,16). The Morgan fingerprint density at radius 1 is 1.31 bits per heavy atom. The second-order valence-electron chi connectivity index (χ2n) is 4.84. The number of fused-ring (bicyclic) bond motifs is 1. The molecule has 0 atom stereocenters. The maximum atomic E-state index is 11.2. The van der Waals surface area contributed by atoms with Gasteiger partial charge >= 0.3 is 5.97 Å². The summed E-state index contributed by atoms with van der Waals surface area (Å²) in [6.07, 6.45) is 3.07. The Bertz CT molecular complexity index is 453. The third-order valence-corrected chi connectivity index (χ3v) is 3.23. The van der Waals surface area contributed by atoms with E-state index in [1.165, 1.54) is 5.56 Å². The number of rotatable bonds is 2. The van der Waals surface area contributed by atoms with E-state index in [9.17, 15) is 4.79 Å². The lowest BCUT2D eigenvalue weighted by Gasteiger charge is -2.19. The van der Waals surface area contributed by atoms with Crippen molar-refractivity contribution in [2.24, 2.45) is 0 Å². The van der Waals surface area contributed by atoms with Gasteiger partial charge in [0.1, 0.15) is 11.2 Å². The second kappa shape index (κ2) is 3.54. The largest absolute Gasteiger partial charge is 0.481 e. The molecule has 0 spiro atoms. The van der Waals surface area contributed by atoms with E-state index in [4.69, 9.17) is 5.11 Å². The van der Waals surface area contributed by atoms with Crippen molar-refractivity contribution >= 4 is 5.97 Å². The Morgan fingerprint density at radius 2 is 2.00 bits per heavy atom. The van der Waals surface area contributed by atoms with Crippen LogP contribution < -0.4 is 0 Å². The van der Waals surface area contributed by atoms with Gasteiger partial charge in [0.15, 0.2) is 0 Å². The summed E-state index contributed by atoms with van der Waals surface area (Å²) in [5.41, 5.74) is 2.18. The highest BCUT2D eigenvalue weighted by atomic mass is 16.4. The van der Waals surface area contributed by atoms with Crippen molar-refractivity contribution in [1.29, 1.82) is 0 Å². The zero-order valence-corrected chi connectivity index (χ0v) is 9.87. The molecular weight excluding hydrogens is 204 g/mol.